The van der Waals surface area contributed by atoms with Gasteiger partial charge in [-0.3, -0.25) is 8.98 Å². The molecule has 0 aromatic heterocycles. The van der Waals surface area contributed by atoms with Crippen LogP contribution in [0.15, 0.2) is 29.2 Å². The van der Waals surface area contributed by atoms with Crippen molar-refractivity contribution in [3.8, 4) is 0 Å². The standard InChI is InChI=1S/C15H20O5S/c1-11-7-9-13(10-8-11)21(17,18)20-15-6-4-3-5-14(15)19-12(2)16/h7-10,14-15H,3-6H2,1-2H3/t14-,15+/m0/s1. The van der Waals surface area contributed by atoms with Crippen LogP contribution in [0.3, 0.4) is 0 Å². The highest BCUT2D eigenvalue weighted by atomic mass is 32.2. The van der Waals surface area contributed by atoms with Crippen LogP contribution in [0.4, 0.5) is 0 Å². The van der Waals surface area contributed by atoms with Crippen molar-refractivity contribution in [2.45, 2.75) is 56.6 Å². The Morgan fingerprint density at radius 2 is 1.67 bits per heavy atom. The molecule has 0 unspecified atom stereocenters. The van der Waals surface area contributed by atoms with Crippen LogP contribution in [0.2, 0.25) is 0 Å². The van der Waals surface area contributed by atoms with Crippen molar-refractivity contribution in [2.75, 3.05) is 0 Å². The predicted molar refractivity (Wildman–Crippen MR) is 77.3 cm³/mol. The molecule has 0 amide bonds. The van der Waals surface area contributed by atoms with Gasteiger partial charge in [0.1, 0.15) is 12.2 Å². The molecule has 116 valence electrons. The molecule has 21 heavy (non-hydrogen) atoms. The van der Waals surface area contributed by atoms with Gasteiger partial charge in [-0.2, -0.15) is 8.42 Å². The Bertz CT molecular complexity index is 591. The van der Waals surface area contributed by atoms with E-state index in [0.717, 1.165) is 18.4 Å². The summed E-state index contributed by atoms with van der Waals surface area (Å²) in [4.78, 5) is 11.2. The number of hydrogen-bond acceptors (Lipinski definition) is 5. The summed E-state index contributed by atoms with van der Waals surface area (Å²) in [6, 6.07) is 6.49. The molecular formula is C15H20O5S. The molecule has 6 heteroatoms. The molecule has 2 rings (SSSR count). The maximum atomic E-state index is 12.3. The zero-order valence-electron chi connectivity index (χ0n) is 12.2. The molecule has 1 aliphatic rings. The third-order valence-electron chi connectivity index (χ3n) is 3.52. The number of carbonyl (C=O) groups is 1. The summed E-state index contributed by atoms with van der Waals surface area (Å²) in [5.41, 5.74) is 0.976. The first-order chi connectivity index (χ1) is 9.88. The lowest BCUT2D eigenvalue weighted by molar-refractivity contribution is -0.153. The Morgan fingerprint density at radius 1 is 1.10 bits per heavy atom. The molecule has 0 bridgehead atoms. The quantitative estimate of drug-likeness (QED) is 0.631. The van der Waals surface area contributed by atoms with E-state index in [0.29, 0.717) is 12.8 Å². The average molecular weight is 312 g/mol. The maximum absolute atomic E-state index is 12.3. The number of rotatable bonds is 4. The fraction of sp³-hybridized carbons (Fsp3) is 0.533. The zero-order chi connectivity index (χ0) is 15.5. The van der Waals surface area contributed by atoms with Crippen LogP contribution in [-0.2, 0) is 23.8 Å². The Kier molecular flexibility index (Phi) is 5.00. The summed E-state index contributed by atoms with van der Waals surface area (Å²) in [6.45, 7) is 3.20. The van der Waals surface area contributed by atoms with Crippen LogP contribution in [0.1, 0.15) is 38.2 Å². The lowest BCUT2D eigenvalue weighted by atomic mass is 9.95. The van der Waals surface area contributed by atoms with E-state index in [1.54, 1.807) is 12.1 Å². The normalized spacial score (nSPS) is 22.8. The first kappa shape index (κ1) is 16.0. The molecule has 0 radical (unpaired) electrons. The number of carbonyl (C=O) groups excluding carboxylic acids is 1. The van der Waals surface area contributed by atoms with Crippen LogP contribution >= 0.6 is 0 Å². The van der Waals surface area contributed by atoms with E-state index < -0.39 is 28.3 Å². The Labute approximate surface area is 125 Å². The van der Waals surface area contributed by atoms with Gasteiger partial charge in [-0.25, -0.2) is 0 Å². The van der Waals surface area contributed by atoms with E-state index in [2.05, 4.69) is 0 Å². The smallest absolute Gasteiger partial charge is 0.302 e. The molecule has 2 atom stereocenters. The van der Waals surface area contributed by atoms with Crippen LogP contribution in [0.25, 0.3) is 0 Å². The van der Waals surface area contributed by atoms with Crippen molar-refractivity contribution in [3.63, 3.8) is 0 Å². The SMILES string of the molecule is CC(=O)O[C@H]1CCCC[C@H]1OS(=O)(=O)c1ccc(C)cc1. The molecule has 1 saturated carbocycles. The maximum Gasteiger partial charge on any atom is 0.302 e. The third kappa shape index (κ3) is 4.28. The van der Waals surface area contributed by atoms with Crippen molar-refractivity contribution < 1.29 is 22.1 Å². The van der Waals surface area contributed by atoms with Gasteiger partial charge in [0.25, 0.3) is 10.1 Å². The topological polar surface area (TPSA) is 69.7 Å². The van der Waals surface area contributed by atoms with E-state index >= 15 is 0 Å². The summed E-state index contributed by atoms with van der Waals surface area (Å²) in [5, 5.41) is 0. The van der Waals surface area contributed by atoms with Gasteiger partial charge in [0, 0.05) is 6.92 Å². The highest BCUT2D eigenvalue weighted by molar-refractivity contribution is 7.86. The molecule has 0 N–H and O–H groups in total. The molecule has 1 aromatic carbocycles. The summed E-state index contributed by atoms with van der Waals surface area (Å²) in [6.07, 6.45) is 1.88. The number of ether oxygens (including phenoxy) is 1. The van der Waals surface area contributed by atoms with Crippen LogP contribution in [-0.4, -0.2) is 26.6 Å². The zero-order valence-corrected chi connectivity index (χ0v) is 13.1. The molecule has 0 spiro atoms. The summed E-state index contributed by atoms with van der Waals surface area (Å²) in [5.74, 6) is -0.414. The number of esters is 1. The van der Waals surface area contributed by atoms with Crippen molar-refractivity contribution >= 4 is 16.1 Å². The molecule has 0 heterocycles. The Hall–Kier alpha value is -1.40. The van der Waals surface area contributed by atoms with Crippen molar-refractivity contribution in [1.29, 1.82) is 0 Å². The van der Waals surface area contributed by atoms with Crippen molar-refractivity contribution in [2.24, 2.45) is 0 Å². The van der Waals surface area contributed by atoms with Gasteiger partial charge in [-0.05, 0) is 38.3 Å². The fourth-order valence-electron chi connectivity index (χ4n) is 2.44. The van der Waals surface area contributed by atoms with Crippen molar-refractivity contribution in [3.05, 3.63) is 29.8 Å². The van der Waals surface area contributed by atoms with Crippen LogP contribution in [0.5, 0.6) is 0 Å². The minimum absolute atomic E-state index is 0.125. The lowest BCUT2D eigenvalue weighted by Gasteiger charge is -2.30. The highest BCUT2D eigenvalue weighted by Crippen LogP contribution is 2.27. The van der Waals surface area contributed by atoms with E-state index in [-0.39, 0.29) is 4.90 Å². The summed E-state index contributed by atoms with van der Waals surface area (Å²) >= 11 is 0. The van der Waals surface area contributed by atoms with E-state index in [9.17, 15) is 13.2 Å². The predicted octanol–water partition coefficient (Wildman–Crippen LogP) is 2.57. The largest absolute Gasteiger partial charge is 0.460 e. The molecule has 0 aliphatic heterocycles. The van der Waals surface area contributed by atoms with Gasteiger partial charge in [0.05, 0.1) is 4.90 Å². The molecule has 0 saturated heterocycles. The lowest BCUT2D eigenvalue weighted by Crippen LogP contribution is -2.37. The van der Waals surface area contributed by atoms with E-state index in [4.69, 9.17) is 8.92 Å². The van der Waals surface area contributed by atoms with Gasteiger partial charge in [0.15, 0.2) is 0 Å². The van der Waals surface area contributed by atoms with Crippen LogP contribution in [0, 0.1) is 6.92 Å². The molecule has 1 aromatic rings. The summed E-state index contributed by atoms with van der Waals surface area (Å²) < 4.78 is 35.1. The number of benzene rings is 1. The molecular weight excluding hydrogens is 292 g/mol. The van der Waals surface area contributed by atoms with Gasteiger partial charge < -0.3 is 4.74 Å². The van der Waals surface area contributed by atoms with Gasteiger partial charge >= 0.3 is 5.97 Å². The van der Waals surface area contributed by atoms with Gasteiger partial charge in [-0.1, -0.05) is 24.1 Å². The minimum atomic E-state index is -3.84. The monoisotopic (exact) mass is 312 g/mol. The van der Waals surface area contributed by atoms with E-state index in [1.807, 2.05) is 6.92 Å². The second-order valence-corrected chi connectivity index (χ2v) is 6.91. The highest BCUT2D eigenvalue weighted by Gasteiger charge is 2.33. The van der Waals surface area contributed by atoms with Crippen LogP contribution < -0.4 is 0 Å². The first-order valence-electron chi connectivity index (χ1n) is 7.05. The Morgan fingerprint density at radius 3 is 2.24 bits per heavy atom. The summed E-state index contributed by atoms with van der Waals surface area (Å²) in [7, 11) is -3.84. The third-order valence-corrected chi connectivity index (χ3v) is 4.87. The van der Waals surface area contributed by atoms with Gasteiger partial charge in [0.2, 0.25) is 0 Å². The first-order valence-corrected chi connectivity index (χ1v) is 8.46. The minimum Gasteiger partial charge on any atom is -0.460 e. The molecule has 5 nitrogen and oxygen atoms in total. The Balaban J connectivity index is 2.13. The second-order valence-electron chi connectivity index (χ2n) is 5.33. The second kappa shape index (κ2) is 6.58. The number of hydrogen-bond donors (Lipinski definition) is 0. The fourth-order valence-corrected chi connectivity index (χ4v) is 3.57. The molecule has 1 fully saturated rings. The van der Waals surface area contributed by atoms with Crippen molar-refractivity contribution in [1.82, 2.24) is 0 Å². The molecule has 1 aliphatic carbocycles. The average Bonchev–Trinajstić information content (AvgIpc) is 2.40. The number of aryl methyl sites for hydroxylation is 1. The van der Waals surface area contributed by atoms with Gasteiger partial charge in [-0.15, -0.1) is 0 Å². The van der Waals surface area contributed by atoms with E-state index in [1.165, 1.54) is 19.1 Å².